The number of imidazole rings is 1. The van der Waals surface area contributed by atoms with Crippen molar-refractivity contribution in [2.75, 3.05) is 0 Å². The molecule has 0 aliphatic carbocycles. The van der Waals surface area contributed by atoms with Crippen LogP contribution in [0.2, 0.25) is 5.15 Å². The molecule has 30 heavy (non-hydrogen) atoms. The van der Waals surface area contributed by atoms with Crippen molar-refractivity contribution in [1.29, 1.82) is 0 Å². The minimum absolute atomic E-state index is 0.129. The lowest BCUT2D eigenvalue weighted by Gasteiger charge is -2.05. The number of aryl methyl sites for hydroxylation is 2. The first-order valence-corrected chi connectivity index (χ1v) is 9.91. The number of hydrogen-bond donors (Lipinski definition) is 1. The average molecular weight is 421 g/mol. The first-order chi connectivity index (χ1) is 14.5. The normalized spacial score (nSPS) is 11.4. The Labute approximate surface area is 179 Å². The highest BCUT2D eigenvalue weighted by Crippen LogP contribution is 2.19. The van der Waals surface area contributed by atoms with E-state index in [-0.39, 0.29) is 12.5 Å². The monoisotopic (exact) mass is 420 g/mol. The summed E-state index contributed by atoms with van der Waals surface area (Å²) in [5.74, 6) is 0.527. The Kier molecular flexibility index (Phi) is 5.63. The van der Waals surface area contributed by atoms with Crippen LogP contribution in [0.1, 0.15) is 22.6 Å². The number of nitrogens with one attached hydrogen (secondary N) is 1. The fourth-order valence-electron chi connectivity index (χ4n) is 3.32. The van der Waals surface area contributed by atoms with Crippen LogP contribution in [0, 0.1) is 13.8 Å². The standard InChI is InChI=1S/C22H21ClN6O/c1-15-18(22(23)29(27-15)13-17-8-4-3-5-9-17)12-24-26-21(30)14-28-16(2)25-19-10-6-7-11-20(19)28/h3-12H,13-14H2,1-2H3,(H,26,30)/b24-12+. The van der Waals surface area contributed by atoms with Crippen molar-refractivity contribution in [2.45, 2.75) is 26.9 Å². The minimum atomic E-state index is -0.247. The molecule has 0 spiro atoms. The number of para-hydroxylation sites is 2. The molecule has 0 aliphatic rings. The van der Waals surface area contributed by atoms with E-state index in [1.807, 2.05) is 73.0 Å². The van der Waals surface area contributed by atoms with Gasteiger partial charge in [0.1, 0.15) is 17.5 Å². The molecule has 4 rings (SSSR count). The van der Waals surface area contributed by atoms with Gasteiger partial charge in [0.2, 0.25) is 0 Å². The highest BCUT2D eigenvalue weighted by molar-refractivity contribution is 6.32. The van der Waals surface area contributed by atoms with Crippen LogP contribution in [0.25, 0.3) is 11.0 Å². The van der Waals surface area contributed by atoms with Crippen LogP contribution >= 0.6 is 11.6 Å². The van der Waals surface area contributed by atoms with E-state index in [1.54, 1.807) is 4.68 Å². The van der Waals surface area contributed by atoms with Gasteiger partial charge in [0.25, 0.3) is 5.91 Å². The van der Waals surface area contributed by atoms with E-state index in [1.165, 1.54) is 6.21 Å². The van der Waals surface area contributed by atoms with Gasteiger partial charge in [-0.25, -0.2) is 15.1 Å². The summed E-state index contributed by atoms with van der Waals surface area (Å²) in [4.78, 5) is 16.9. The summed E-state index contributed by atoms with van der Waals surface area (Å²) < 4.78 is 3.58. The Morgan fingerprint density at radius 1 is 1.13 bits per heavy atom. The number of amides is 1. The largest absolute Gasteiger partial charge is 0.319 e. The van der Waals surface area contributed by atoms with Gasteiger partial charge in [-0.1, -0.05) is 54.1 Å². The first kappa shape index (κ1) is 19.8. The summed E-state index contributed by atoms with van der Waals surface area (Å²) in [7, 11) is 0. The molecule has 0 unspecified atom stereocenters. The molecule has 0 saturated carbocycles. The number of fused-ring (bicyclic) bond motifs is 1. The minimum Gasteiger partial charge on any atom is -0.319 e. The van der Waals surface area contributed by atoms with Gasteiger partial charge >= 0.3 is 0 Å². The molecular weight excluding hydrogens is 400 g/mol. The van der Waals surface area contributed by atoms with E-state index in [9.17, 15) is 4.79 Å². The molecule has 0 radical (unpaired) electrons. The topological polar surface area (TPSA) is 77.1 Å². The van der Waals surface area contributed by atoms with Crippen LogP contribution < -0.4 is 5.43 Å². The van der Waals surface area contributed by atoms with E-state index in [0.29, 0.717) is 17.3 Å². The number of aromatic nitrogens is 4. The van der Waals surface area contributed by atoms with E-state index in [2.05, 4.69) is 20.6 Å². The van der Waals surface area contributed by atoms with E-state index in [4.69, 9.17) is 11.6 Å². The predicted molar refractivity (Wildman–Crippen MR) is 118 cm³/mol. The zero-order chi connectivity index (χ0) is 21.1. The molecular formula is C22H21ClN6O. The number of rotatable bonds is 6. The van der Waals surface area contributed by atoms with Crippen LogP contribution in [0.3, 0.4) is 0 Å². The van der Waals surface area contributed by atoms with Crippen LogP contribution in [0.5, 0.6) is 0 Å². The van der Waals surface area contributed by atoms with E-state index in [0.717, 1.165) is 28.1 Å². The van der Waals surface area contributed by atoms with Crippen molar-refractivity contribution >= 4 is 34.8 Å². The van der Waals surface area contributed by atoms with Gasteiger partial charge in [0.15, 0.2) is 0 Å². The molecule has 7 nitrogen and oxygen atoms in total. The Morgan fingerprint density at radius 2 is 1.87 bits per heavy atom. The van der Waals surface area contributed by atoms with E-state index < -0.39 is 0 Å². The van der Waals surface area contributed by atoms with Crippen molar-refractivity contribution < 1.29 is 4.79 Å². The van der Waals surface area contributed by atoms with Crippen LogP contribution in [0.15, 0.2) is 59.7 Å². The molecule has 2 aromatic heterocycles. The van der Waals surface area contributed by atoms with Crippen LogP contribution in [-0.4, -0.2) is 31.5 Å². The van der Waals surface area contributed by atoms with Gasteiger partial charge in [0, 0.05) is 0 Å². The highest BCUT2D eigenvalue weighted by atomic mass is 35.5. The Balaban J connectivity index is 1.44. The van der Waals surface area contributed by atoms with E-state index >= 15 is 0 Å². The molecule has 0 fully saturated rings. The Bertz CT molecular complexity index is 1230. The molecule has 2 heterocycles. The molecule has 0 aliphatic heterocycles. The zero-order valence-electron chi connectivity index (χ0n) is 16.7. The number of halogens is 1. The van der Waals surface area contributed by atoms with Gasteiger partial charge < -0.3 is 4.57 Å². The number of carbonyl (C=O) groups excluding carboxylic acids is 1. The molecule has 0 atom stereocenters. The number of hydrazone groups is 1. The highest BCUT2D eigenvalue weighted by Gasteiger charge is 2.13. The number of hydrogen-bond acceptors (Lipinski definition) is 4. The zero-order valence-corrected chi connectivity index (χ0v) is 17.5. The summed E-state index contributed by atoms with van der Waals surface area (Å²) >= 11 is 6.48. The van der Waals surface area contributed by atoms with Gasteiger partial charge in [-0.2, -0.15) is 10.2 Å². The first-order valence-electron chi connectivity index (χ1n) is 9.53. The summed E-state index contributed by atoms with van der Waals surface area (Å²) in [6.45, 7) is 4.43. The molecule has 1 amide bonds. The molecule has 8 heteroatoms. The van der Waals surface area contributed by atoms with Gasteiger partial charge in [-0.05, 0) is 31.5 Å². The Morgan fingerprint density at radius 3 is 2.67 bits per heavy atom. The third kappa shape index (κ3) is 4.11. The molecule has 2 aromatic carbocycles. The third-order valence-corrected chi connectivity index (χ3v) is 5.21. The van der Waals surface area contributed by atoms with Crippen molar-refractivity contribution in [3.8, 4) is 0 Å². The lowest BCUT2D eigenvalue weighted by atomic mass is 10.2. The van der Waals surface area contributed by atoms with Crippen LogP contribution in [0.4, 0.5) is 0 Å². The second-order valence-corrected chi connectivity index (χ2v) is 7.32. The predicted octanol–water partition coefficient (Wildman–Crippen LogP) is 3.70. The molecule has 1 N–H and O–H groups in total. The maximum absolute atomic E-state index is 12.4. The fourth-order valence-corrected chi connectivity index (χ4v) is 3.60. The second-order valence-electron chi connectivity index (χ2n) is 6.96. The van der Waals surface area contributed by atoms with Crippen molar-refractivity contribution in [3.05, 3.63) is 82.4 Å². The summed E-state index contributed by atoms with van der Waals surface area (Å²) in [6, 6.07) is 17.7. The molecule has 0 saturated heterocycles. The maximum atomic E-state index is 12.4. The smallest absolute Gasteiger partial charge is 0.260 e. The third-order valence-electron chi connectivity index (χ3n) is 4.81. The van der Waals surface area contributed by atoms with Crippen LogP contribution in [-0.2, 0) is 17.9 Å². The summed E-state index contributed by atoms with van der Waals surface area (Å²) in [5.41, 5.74) is 6.85. The molecule has 152 valence electrons. The maximum Gasteiger partial charge on any atom is 0.260 e. The van der Waals surface area contributed by atoms with Crippen molar-refractivity contribution in [2.24, 2.45) is 5.10 Å². The molecule has 0 bridgehead atoms. The average Bonchev–Trinajstić information content (AvgIpc) is 3.19. The van der Waals surface area contributed by atoms with Crippen molar-refractivity contribution in [3.63, 3.8) is 0 Å². The van der Waals surface area contributed by atoms with Crippen molar-refractivity contribution in [1.82, 2.24) is 24.8 Å². The number of nitrogens with zero attached hydrogens (tertiary/aromatic N) is 5. The summed E-state index contributed by atoms with van der Waals surface area (Å²) in [5, 5.41) is 9.03. The summed E-state index contributed by atoms with van der Waals surface area (Å²) in [6.07, 6.45) is 1.53. The van der Waals surface area contributed by atoms with Gasteiger partial charge in [0.05, 0.1) is 35.1 Å². The second kappa shape index (κ2) is 8.51. The Hall–Kier alpha value is -3.45. The number of carbonyl (C=O) groups is 1. The SMILES string of the molecule is Cc1nn(Cc2ccccc2)c(Cl)c1/C=N/NC(=O)Cn1c(C)nc2ccccc21. The lowest BCUT2D eigenvalue weighted by Crippen LogP contribution is -2.23. The molecule has 4 aromatic rings. The number of benzene rings is 2. The van der Waals surface area contributed by atoms with Gasteiger partial charge in [-0.15, -0.1) is 0 Å². The quantitative estimate of drug-likeness (QED) is 0.381. The fraction of sp³-hybridized carbons (Fsp3) is 0.182. The van der Waals surface area contributed by atoms with Gasteiger partial charge in [-0.3, -0.25) is 4.79 Å². The lowest BCUT2D eigenvalue weighted by molar-refractivity contribution is -0.121.